The lowest BCUT2D eigenvalue weighted by molar-refractivity contribution is 0.219. The molecule has 0 fully saturated rings. The van der Waals surface area contributed by atoms with Gasteiger partial charge in [0.25, 0.3) is 0 Å². The van der Waals surface area contributed by atoms with Crippen LogP contribution in [0.2, 0.25) is 0 Å². The fraction of sp³-hybridized carbons (Fsp3) is 0.571. The van der Waals surface area contributed by atoms with Crippen molar-refractivity contribution >= 4 is 14.7 Å². The van der Waals surface area contributed by atoms with Gasteiger partial charge >= 0.3 is 7.60 Å². The highest BCUT2D eigenvalue weighted by atomic mass is 31.2. The van der Waals surface area contributed by atoms with E-state index >= 15 is 0 Å². The summed E-state index contributed by atoms with van der Waals surface area (Å²) >= 11 is 0. The zero-order valence-electron chi connectivity index (χ0n) is 12.7. The van der Waals surface area contributed by atoms with Gasteiger partial charge in [0.1, 0.15) is 0 Å². The Labute approximate surface area is 121 Å². The molecule has 0 aliphatic carbocycles. The van der Waals surface area contributed by atoms with E-state index in [1.807, 2.05) is 24.3 Å². The van der Waals surface area contributed by atoms with Crippen LogP contribution in [0.3, 0.4) is 0 Å². The van der Waals surface area contributed by atoms with Crippen LogP contribution >= 0.6 is 14.7 Å². The minimum atomic E-state index is -3.05. The Morgan fingerprint density at radius 1 is 0.850 bits per heavy atom. The topological polar surface area (TPSA) is 52.6 Å². The van der Waals surface area contributed by atoms with Crippen molar-refractivity contribution in [3.63, 3.8) is 0 Å². The second-order valence-corrected chi connectivity index (χ2v) is 10.7. The summed E-state index contributed by atoms with van der Waals surface area (Å²) in [7, 11) is -5.12. The van der Waals surface area contributed by atoms with Crippen LogP contribution in [-0.2, 0) is 30.5 Å². The van der Waals surface area contributed by atoms with Gasteiger partial charge in [-0.25, -0.2) is 0 Å². The number of benzene rings is 1. The summed E-state index contributed by atoms with van der Waals surface area (Å²) in [6, 6.07) is 7.65. The molecule has 114 valence electrons. The zero-order valence-corrected chi connectivity index (χ0v) is 14.5. The van der Waals surface area contributed by atoms with Gasteiger partial charge in [-0.05, 0) is 38.3 Å². The van der Waals surface area contributed by atoms with Crippen molar-refractivity contribution in [2.75, 3.05) is 26.5 Å². The van der Waals surface area contributed by atoms with Crippen molar-refractivity contribution in [3.8, 4) is 0 Å². The molecule has 0 saturated carbocycles. The Bertz CT molecular complexity index is 494. The summed E-state index contributed by atoms with van der Waals surface area (Å²) in [5, 5.41) is 0. The number of hydrogen-bond donors (Lipinski definition) is 0. The van der Waals surface area contributed by atoms with Gasteiger partial charge in [-0.15, -0.1) is 0 Å². The SMILES string of the molecule is CCOP(=O)(Cc1ccc(CP(C)(C)=O)cc1)OCC. The Kier molecular flexibility index (Phi) is 6.68. The van der Waals surface area contributed by atoms with Gasteiger partial charge in [-0.2, -0.15) is 0 Å². The van der Waals surface area contributed by atoms with Crippen molar-refractivity contribution < 1.29 is 18.2 Å². The second-order valence-electron chi connectivity index (χ2n) is 5.15. The van der Waals surface area contributed by atoms with Gasteiger partial charge < -0.3 is 13.6 Å². The van der Waals surface area contributed by atoms with E-state index < -0.39 is 14.7 Å². The summed E-state index contributed by atoms with van der Waals surface area (Å²) in [6.07, 6.45) is 0.854. The maximum absolute atomic E-state index is 12.4. The third-order valence-electron chi connectivity index (χ3n) is 2.61. The van der Waals surface area contributed by atoms with Gasteiger partial charge in [0, 0.05) is 6.16 Å². The smallest absolute Gasteiger partial charge is 0.324 e. The van der Waals surface area contributed by atoms with E-state index in [1.165, 1.54) is 0 Å². The first-order chi connectivity index (χ1) is 9.28. The van der Waals surface area contributed by atoms with Crippen LogP contribution in [-0.4, -0.2) is 26.5 Å². The van der Waals surface area contributed by atoms with Crippen LogP contribution < -0.4 is 0 Å². The molecular formula is C14H24O4P2. The minimum absolute atomic E-state index is 0.269. The standard InChI is InChI=1S/C14H24O4P2/c1-5-17-20(16,18-6-2)12-14-9-7-13(8-10-14)11-19(3,4)15/h7-10H,5-6,11-12H2,1-4H3. The van der Waals surface area contributed by atoms with E-state index in [4.69, 9.17) is 9.05 Å². The molecule has 0 aliphatic rings. The lowest BCUT2D eigenvalue weighted by atomic mass is 10.2. The van der Waals surface area contributed by atoms with Crippen LogP contribution in [0, 0.1) is 0 Å². The molecule has 1 rings (SSSR count). The lowest BCUT2D eigenvalue weighted by Crippen LogP contribution is -1.99. The molecule has 0 saturated heterocycles. The first-order valence-corrected chi connectivity index (χ1v) is 11.3. The Balaban J connectivity index is 2.78. The predicted octanol–water partition coefficient (Wildman–Crippen LogP) is 4.58. The van der Waals surface area contributed by atoms with E-state index in [2.05, 4.69) is 0 Å². The summed E-state index contributed by atoms with van der Waals surface area (Å²) in [4.78, 5) is 0. The van der Waals surface area contributed by atoms with E-state index in [0.717, 1.165) is 11.1 Å². The fourth-order valence-electron chi connectivity index (χ4n) is 1.94. The van der Waals surface area contributed by atoms with Crippen molar-refractivity contribution in [2.24, 2.45) is 0 Å². The molecule has 4 nitrogen and oxygen atoms in total. The molecule has 0 radical (unpaired) electrons. The van der Waals surface area contributed by atoms with Crippen molar-refractivity contribution in [1.82, 2.24) is 0 Å². The predicted molar refractivity (Wildman–Crippen MR) is 84.2 cm³/mol. The van der Waals surface area contributed by atoms with Gasteiger partial charge in [-0.3, -0.25) is 4.57 Å². The van der Waals surface area contributed by atoms with Crippen LogP contribution in [0.4, 0.5) is 0 Å². The molecule has 1 aromatic carbocycles. The molecule has 0 aliphatic heterocycles. The maximum atomic E-state index is 12.4. The summed E-state index contributed by atoms with van der Waals surface area (Å²) in [5.41, 5.74) is 1.94. The quantitative estimate of drug-likeness (QED) is 0.659. The molecule has 0 spiro atoms. The molecule has 0 N–H and O–H groups in total. The lowest BCUT2D eigenvalue weighted by Gasteiger charge is -2.17. The van der Waals surface area contributed by atoms with Crippen LogP contribution in [0.25, 0.3) is 0 Å². The molecule has 0 bridgehead atoms. The van der Waals surface area contributed by atoms with Crippen LogP contribution in [0.1, 0.15) is 25.0 Å². The largest absolute Gasteiger partial charge is 0.335 e. The van der Waals surface area contributed by atoms with E-state index in [1.54, 1.807) is 27.2 Å². The molecular weight excluding hydrogens is 294 g/mol. The third-order valence-corrected chi connectivity index (χ3v) is 5.80. The minimum Gasteiger partial charge on any atom is -0.324 e. The molecule has 0 heterocycles. The highest BCUT2D eigenvalue weighted by molar-refractivity contribution is 7.61. The Morgan fingerprint density at radius 3 is 1.60 bits per heavy atom. The van der Waals surface area contributed by atoms with Crippen molar-refractivity contribution in [1.29, 1.82) is 0 Å². The fourth-order valence-corrected chi connectivity index (χ4v) is 4.73. The van der Waals surface area contributed by atoms with Gasteiger partial charge in [0.2, 0.25) is 0 Å². The van der Waals surface area contributed by atoms with Gasteiger partial charge in [-0.1, -0.05) is 24.3 Å². The molecule has 20 heavy (non-hydrogen) atoms. The molecule has 6 heteroatoms. The molecule has 0 aromatic heterocycles. The summed E-state index contributed by atoms with van der Waals surface area (Å²) in [6.45, 7) is 7.89. The molecule has 0 amide bonds. The molecule has 0 atom stereocenters. The molecule has 0 unspecified atom stereocenters. The second kappa shape index (κ2) is 7.56. The monoisotopic (exact) mass is 318 g/mol. The third kappa shape index (κ3) is 6.37. The van der Waals surface area contributed by atoms with Crippen molar-refractivity contribution in [2.45, 2.75) is 26.2 Å². The number of rotatable bonds is 8. The van der Waals surface area contributed by atoms with E-state index in [9.17, 15) is 9.13 Å². The summed E-state index contributed by atoms with van der Waals surface area (Å²) in [5.74, 6) is 0. The zero-order chi connectivity index (χ0) is 15.2. The first-order valence-electron chi connectivity index (χ1n) is 6.78. The van der Waals surface area contributed by atoms with Gasteiger partial charge in [0.05, 0.1) is 26.5 Å². The molecule has 1 aromatic rings. The number of hydrogen-bond acceptors (Lipinski definition) is 4. The van der Waals surface area contributed by atoms with E-state index in [-0.39, 0.29) is 6.16 Å². The highest BCUT2D eigenvalue weighted by Gasteiger charge is 2.23. The van der Waals surface area contributed by atoms with Gasteiger partial charge in [0.15, 0.2) is 0 Å². The van der Waals surface area contributed by atoms with Crippen LogP contribution in [0.15, 0.2) is 24.3 Å². The summed E-state index contributed by atoms with van der Waals surface area (Å²) < 4.78 is 34.7. The normalized spacial score (nSPS) is 12.6. The Morgan fingerprint density at radius 2 is 1.25 bits per heavy atom. The average molecular weight is 318 g/mol. The van der Waals surface area contributed by atoms with Crippen LogP contribution in [0.5, 0.6) is 0 Å². The first kappa shape index (κ1) is 17.7. The maximum Gasteiger partial charge on any atom is 0.335 e. The van der Waals surface area contributed by atoms with E-state index in [0.29, 0.717) is 19.4 Å². The Hall–Kier alpha value is -0.400. The average Bonchev–Trinajstić information content (AvgIpc) is 2.30. The van der Waals surface area contributed by atoms with Crippen molar-refractivity contribution in [3.05, 3.63) is 35.4 Å². The highest BCUT2D eigenvalue weighted by Crippen LogP contribution is 2.51.